The first-order valence-electron chi connectivity index (χ1n) is 5.68. The summed E-state index contributed by atoms with van der Waals surface area (Å²) in [5.74, 6) is 2.08. The molecule has 1 aromatic heterocycles. The van der Waals surface area contributed by atoms with E-state index in [1.807, 2.05) is 0 Å². The van der Waals surface area contributed by atoms with Crippen LogP contribution in [0, 0.1) is 5.92 Å². The van der Waals surface area contributed by atoms with E-state index in [2.05, 4.69) is 30.9 Å². The highest BCUT2D eigenvalue weighted by molar-refractivity contribution is 4.89. The van der Waals surface area contributed by atoms with Gasteiger partial charge in [-0.05, 0) is 18.8 Å². The van der Waals surface area contributed by atoms with Crippen LogP contribution in [0.2, 0.25) is 0 Å². The smallest absolute Gasteiger partial charge is 0.228 e. The minimum atomic E-state index is 0.125. The Morgan fingerprint density at radius 1 is 1.40 bits per heavy atom. The molecule has 4 heteroatoms. The van der Waals surface area contributed by atoms with Crippen molar-refractivity contribution in [2.75, 3.05) is 0 Å². The summed E-state index contributed by atoms with van der Waals surface area (Å²) >= 11 is 0. The number of nitrogens with zero attached hydrogens (tertiary/aromatic N) is 2. The molecule has 0 bridgehead atoms. The van der Waals surface area contributed by atoms with E-state index in [0.717, 1.165) is 25.1 Å². The Hall–Kier alpha value is -0.900. The zero-order valence-electron chi connectivity index (χ0n) is 9.86. The lowest BCUT2D eigenvalue weighted by atomic mass is 10.0. The van der Waals surface area contributed by atoms with Crippen molar-refractivity contribution < 1.29 is 4.52 Å². The number of hydrogen-bond donors (Lipinski definition) is 1. The van der Waals surface area contributed by atoms with E-state index >= 15 is 0 Å². The van der Waals surface area contributed by atoms with Gasteiger partial charge in [-0.3, -0.25) is 0 Å². The second kappa shape index (κ2) is 5.85. The molecule has 15 heavy (non-hydrogen) atoms. The van der Waals surface area contributed by atoms with Crippen LogP contribution in [-0.4, -0.2) is 16.2 Å². The summed E-state index contributed by atoms with van der Waals surface area (Å²) < 4.78 is 5.13. The van der Waals surface area contributed by atoms with Gasteiger partial charge < -0.3 is 10.3 Å². The van der Waals surface area contributed by atoms with Crippen molar-refractivity contribution >= 4 is 0 Å². The topological polar surface area (TPSA) is 64.9 Å². The molecule has 0 aliphatic rings. The molecule has 0 spiro atoms. The summed E-state index contributed by atoms with van der Waals surface area (Å²) in [6.45, 7) is 6.42. The highest BCUT2D eigenvalue weighted by atomic mass is 16.5. The normalized spacial score (nSPS) is 13.4. The SMILES string of the molecule is CCCc1noc(CC(N)CC(C)C)n1. The molecule has 0 fully saturated rings. The highest BCUT2D eigenvalue weighted by Crippen LogP contribution is 2.08. The van der Waals surface area contributed by atoms with Gasteiger partial charge >= 0.3 is 0 Å². The maximum Gasteiger partial charge on any atom is 0.228 e. The van der Waals surface area contributed by atoms with E-state index in [4.69, 9.17) is 10.3 Å². The zero-order valence-corrected chi connectivity index (χ0v) is 9.86. The first kappa shape index (κ1) is 12.2. The van der Waals surface area contributed by atoms with Gasteiger partial charge in [-0.2, -0.15) is 4.98 Å². The predicted molar refractivity (Wildman–Crippen MR) is 59.4 cm³/mol. The lowest BCUT2D eigenvalue weighted by Gasteiger charge is -2.10. The van der Waals surface area contributed by atoms with Crippen LogP contribution in [-0.2, 0) is 12.8 Å². The van der Waals surface area contributed by atoms with Crippen LogP contribution in [0.1, 0.15) is 45.3 Å². The molecule has 0 aliphatic carbocycles. The summed E-state index contributed by atoms with van der Waals surface area (Å²) in [5, 5.41) is 3.90. The van der Waals surface area contributed by atoms with Crippen molar-refractivity contribution in [1.29, 1.82) is 0 Å². The molecule has 1 rings (SSSR count). The van der Waals surface area contributed by atoms with Gasteiger partial charge in [0.15, 0.2) is 5.82 Å². The highest BCUT2D eigenvalue weighted by Gasteiger charge is 2.11. The molecular weight excluding hydrogens is 190 g/mol. The van der Waals surface area contributed by atoms with Gasteiger partial charge in [-0.15, -0.1) is 0 Å². The second-order valence-corrected chi connectivity index (χ2v) is 4.45. The summed E-state index contributed by atoms with van der Waals surface area (Å²) in [4.78, 5) is 4.29. The Bertz CT molecular complexity index is 283. The van der Waals surface area contributed by atoms with Crippen LogP contribution in [0.3, 0.4) is 0 Å². The van der Waals surface area contributed by atoms with Crippen LogP contribution in [0.4, 0.5) is 0 Å². The van der Waals surface area contributed by atoms with E-state index in [1.54, 1.807) is 0 Å². The molecule has 0 aliphatic heterocycles. The summed E-state index contributed by atoms with van der Waals surface area (Å²) in [6, 6.07) is 0.125. The predicted octanol–water partition coefficient (Wildman–Crippen LogP) is 1.94. The number of nitrogens with two attached hydrogens (primary N) is 1. The lowest BCUT2D eigenvalue weighted by molar-refractivity contribution is 0.355. The molecule has 1 aromatic rings. The average Bonchev–Trinajstić information content (AvgIpc) is 2.51. The molecule has 0 saturated heterocycles. The van der Waals surface area contributed by atoms with E-state index < -0.39 is 0 Å². The van der Waals surface area contributed by atoms with Crippen LogP contribution in [0.25, 0.3) is 0 Å². The maximum atomic E-state index is 5.96. The first-order chi connectivity index (χ1) is 7.11. The lowest BCUT2D eigenvalue weighted by Crippen LogP contribution is -2.24. The molecule has 0 aromatic carbocycles. The van der Waals surface area contributed by atoms with Gasteiger partial charge in [0.1, 0.15) is 0 Å². The van der Waals surface area contributed by atoms with E-state index in [0.29, 0.717) is 18.2 Å². The van der Waals surface area contributed by atoms with Crippen molar-refractivity contribution in [2.24, 2.45) is 11.7 Å². The molecule has 1 unspecified atom stereocenters. The fourth-order valence-corrected chi connectivity index (χ4v) is 1.61. The van der Waals surface area contributed by atoms with Crippen molar-refractivity contribution in [1.82, 2.24) is 10.1 Å². The van der Waals surface area contributed by atoms with Crippen LogP contribution in [0.15, 0.2) is 4.52 Å². The van der Waals surface area contributed by atoms with E-state index in [9.17, 15) is 0 Å². The average molecular weight is 211 g/mol. The van der Waals surface area contributed by atoms with E-state index in [1.165, 1.54) is 0 Å². The van der Waals surface area contributed by atoms with Crippen molar-refractivity contribution in [2.45, 2.75) is 52.5 Å². The molecule has 1 heterocycles. The van der Waals surface area contributed by atoms with Crippen molar-refractivity contribution in [3.8, 4) is 0 Å². The zero-order chi connectivity index (χ0) is 11.3. The summed E-state index contributed by atoms with van der Waals surface area (Å²) in [7, 11) is 0. The minimum Gasteiger partial charge on any atom is -0.339 e. The fraction of sp³-hybridized carbons (Fsp3) is 0.818. The van der Waals surface area contributed by atoms with Gasteiger partial charge in [0.2, 0.25) is 5.89 Å². The molecule has 4 nitrogen and oxygen atoms in total. The molecule has 0 saturated carbocycles. The Balaban J connectivity index is 2.42. The molecule has 1 atom stereocenters. The van der Waals surface area contributed by atoms with Gasteiger partial charge in [0.25, 0.3) is 0 Å². The van der Waals surface area contributed by atoms with Crippen molar-refractivity contribution in [3.05, 3.63) is 11.7 Å². The third-order valence-electron chi connectivity index (χ3n) is 2.19. The number of aromatic nitrogens is 2. The Kier molecular flexibility index (Phi) is 4.75. The quantitative estimate of drug-likeness (QED) is 0.781. The van der Waals surface area contributed by atoms with Crippen LogP contribution in [0.5, 0.6) is 0 Å². The van der Waals surface area contributed by atoms with Crippen LogP contribution < -0.4 is 5.73 Å². The minimum absolute atomic E-state index is 0.125. The first-order valence-corrected chi connectivity index (χ1v) is 5.68. The summed E-state index contributed by atoms with van der Waals surface area (Å²) in [5.41, 5.74) is 5.96. The Labute approximate surface area is 91.2 Å². The maximum absolute atomic E-state index is 5.96. The number of hydrogen-bond acceptors (Lipinski definition) is 4. The number of rotatable bonds is 6. The fourth-order valence-electron chi connectivity index (χ4n) is 1.61. The molecule has 86 valence electrons. The van der Waals surface area contributed by atoms with Gasteiger partial charge in [-0.25, -0.2) is 0 Å². The standard InChI is InChI=1S/C11H21N3O/c1-4-5-10-13-11(15-14-10)7-9(12)6-8(2)3/h8-9H,4-7,12H2,1-3H3. The molecular formula is C11H21N3O. The largest absolute Gasteiger partial charge is 0.339 e. The molecule has 2 N–H and O–H groups in total. The second-order valence-electron chi connectivity index (χ2n) is 4.45. The van der Waals surface area contributed by atoms with Gasteiger partial charge in [0.05, 0.1) is 0 Å². The monoisotopic (exact) mass is 211 g/mol. The van der Waals surface area contributed by atoms with Gasteiger partial charge in [-0.1, -0.05) is 25.9 Å². The third-order valence-corrected chi connectivity index (χ3v) is 2.19. The Morgan fingerprint density at radius 2 is 2.13 bits per heavy atom. The van der Waals surface area contributed by atoms with Gasteiger partial charge in [0, 0.05) is 18.9 Å². The summed E-state index contributed by atoms with van der Waals surface area (Å²) in [6.07, 6.45) is 3.60. The van der Waals surface area contributed by atoms with E-state index in [-0.39, 0.29) is 6.04 Å². The van der Waals surface area contributed by atoms with Crippen molar-refractivity contribution in [3.63, 3.8) is 0 Å². The third kappa shape index (κ3) is 4.42. The molecule has 0 radical (unpaired) electrons. The van der Waals surface area contributed by atoms with Crippen LogP contribution >= 0.6 is 0 Å². The Morgan fingerprint density at radius 3 is 2.73 bits per heavy atom. The number of aryl methyl sites for hydroxylation is 1. The molecule has 0 amide bonds.